The summed E-state index contributed by atoms with van der Waals surface area (Å²) in [6, 6.07) is 14.0. The Morgan fingerprint density at radius 1 is 1.03 bits per heavy atom. The van der Waals surface area contributed by atoms with E-state index in [-0.39, 0.29) is 17.5 Å². The van der Waals surface area contributed by atoms with Gasteiger partial charge in [0.1, 0.15) is 11.6 Å². The van der Waals surface area contributed by atoms with Crippen molar-refractivity contribution in [1.82, 2.24) is 15.1 Å². The lowest BCUT2D eigenvalue weighted by Gasteiger charge is -2.16. The van der Waals surface area contributed by atoms with Crippen LogP contribution in [0.15, 0.2) is 54.6 Å². The zero-order chi connectivity index (χ0) is 20.6. The van der Waals surface area contributed by atoms with Gasteiger partial charge in [0, 0.05) is 29.9 Å². The number of nitrogens with one attached hydrogen (secondary N) is 2. The van der Waals surface area contributed by atoms with E-state index in [9.17, 15) is 13.6 Å². The second-order valence-electron chi connectivity index (χ2n) is 7.00. The van der Waals surface area contributed by atoms with Crippen LogP contribution < -0.4 is 5.32 Å². The number of aryl methyl sites for hydroxylation is 1. The summed E-state index contributed by atoms with van der Waals surface area (Å²) in [5.74, 6) is -0.690. The number of carbonyl (C=O) groups excluding carboxylic acids is 1. The fourth-order valence-corrected chi connectivity index (χ4v) is 2.96. The molecule has 29 heavy (non-hydrogen) atoms. The summed E-state index contributed by atoms with van der Waals surface area (Å²) in [6.45, 7) is 1.48. The van der Waals surface area contributed by atoms with E-state index in [1.807, 2.05) is 13.1 Å². The van der Waals surface area contributed by atoms with Gasteiger partial charge in [0.05, 0.1) is 5.69 Å². The quantitative estimate of drug-likeness (QED) is 0.567. The Balaban J connectivity index is 1.36. The SMILES string of the molecule is CN(CCCc1cc(-c2ccc(F)cc2)n[nH]1)CCC(=O)Nc1ccc(F)cc1. The van der Waals surface area contributed by atoms with Crippen LogP contribution in [0.25, 0.3) is 11.3 Å². The minimum atomic E-state index is -0.329. The van der Waals surface area contributed by atoms with Crippen molar-refractivity contribution in [3.63, 3.8) is 0 Å². The Labute approximate surface area is 168 Å². The number of carbonyl (C=O) groups is 1. The second kappa shape index (κ2) is 9.93. The molecule has 0 spiro atoms. The van der Waals surface area contributed by atoms with Gasteiger partial charge in [0.25, 0.3) is 0 Å². The van der Waals surface area contributed by atoms with Gasteiger partial charge in [-0.3, -0.25) is 9.89 Å². The molecule has 1 heterocycles. The largest absolute Gasteiger partial charge is 0.326 e. The molecule has 0 aliphatic rings. The molecule has 7 heteroatoms. The first-order valence-corrected chi connectivity index (χ1v) is 9.54. The van der Waals surface area contributed by atoms with Gasteiger partial charge in [-0.05, 0) is 81.0 Å². The van der Waals surface area contributed by atoms with Crippen molar-refractivity contribution in [1.29, 1.82) is 0 Å². The molecule has 2 N–H and O–H groups in total. The highest BCUT2D eigenvalue weighted by Gasteiger charge is 2.07. The molecule has 0 atom stereocenters. The molecule has 0 saturated heterocycles. The number of nitrogens with zero attached hydrogens (tertiary/aromatic N) is 2. The number of amides is 1. The number of halogens is 2. The lowest BCUT2D eigenvalue weighted by molar-refractivity contribution is -0.116. The van der Waals surface area contributed by atoms with E-state index in [1.165, 1.54) is 24.3 Å². The Morgan fingerprint density at radius 2 is 1.69 bits per heavy atom. The first-order valence-electron chi connectivity index (χ1n) is 9.54. The maximum Gasteiger partial charge on any atom is 0.225 e. The molecule has 1 aromatic heterocycles. The standard InChI is InChI=1S/C22H24F2N4O/c1-28(14-12-22(29)25-19-10-8-18(24)9-11-19)13-2-3-20-15-21(27-26-20)16-4-6-17(23)7-5-16/h4-11,15H,2-3,12-14H2,1H3,(H,25,29)(H,26,27). The Morgan fingerprint density at radius 3 is 2.38 bits per heavy atom. The Bertz CT molecular complexity index is 923. The lowest BCUT2D eigenvalue weighted by atomic mass is 10.1. The van der Waals surface area contributed by atoms with Crippen molar-refractivity contribution < 1.29 is 13.6 Å². The molecule has 0 fully saturated rings. The molecule has 2 aromatic carbocycles. The van der Waals surface area contributed by atoms with Crippen LogP contribution >= 0.6 is 0 Å². The minimum Gasteiger partial charge on any atom is -0.326 e. The monoisotopic (exact) mass is 398 g/mol. The van der Waals surface area contributed by atoms with E-state index in [1.54, 1.807) is 24.3 Å². The van der Waals surface area contributed by atoms with Crippen molar-refractivity contribution in [2.24, 2.45) is 0 Å². The van der Waals surface area contributed by atoms with Crippen LogP contribution in [0.4, 0.5) is 14.5 Å². The van der Waals surface area contributed by atoms with Crippen molar-refractivity contribution in [2.45, 2.75) is 19.3 Å². The summed E-state index contributed by atoms with van der Waals surface area (Å²) in [6.07, 6.45) is 2.12. The summed E-state index contributed by atoms with van der Waals surface area (Å²) in [4.78, 5) is 14.1. The molecule has 0 aliphatic carbocycles. The molecular formula is C22H24F2N4O. The summed E-state index contributed by atoms with van der Waals surface area (Å²) >= 11 is 0. The van der Waals surface area contributed by atoms with Crippen LogP contribution in [-0.2, 0) is 11.2 Å². The van der Waals surface area contributed by atoms with Gasteiger partial charge in [-0.2, -0.15) is 5.10 Å². The maximum atomic E-state index is 13.0. The van der Waals surface area contributed by atoms with Gasteiger partial charge >= 0.3 is 0 Å². The fourth-order valence-electron chi connectivity index (χ4n) is 2.96. The van der Waals surface area contributed by atoms with E-state index >= 15 is 0 Å². The average Bonchev–Trinajstić information content (AvgIpc) is 3.18. The number of aromatic nitrogens is 2. The highest BCUT2D eigenvalue weighted by molar-refractivity contribution is 5.90. The molecule has 0 unspecified atom stereocenters. The van der Waals surface area contributed by atoms with E-state index in [2.05, 4.69) is 20.4 Å². The van der Waals surface area contributed by atoms with E-state index < -0.39 is 0 Å². The molecule has 0 saturated carbocycles. The third-order valence-corrected chi connectivity index (χ3v) is 4.61. The molecule has 0 radical (unpaired) electrons. The topological polar surface area (TPSA) is 61.0 Å². The van der Waals surface area contributed by atoms with Crippen LogP contribution in [0.1, 0.15) is 18.5 Å². The highest BCUT2D eigenvalue weighted by Crippen LogP contribution is 2.18. The molecule has 0 aliphatic heterocycles. The number of H-pyrrole nitrogens is 1. The van der Waals surface area contributed by atoms with Crippen molar-refractivity contribution in [3.05, 3.63) is 71.9 Å². The summed E-state index contributed by atoms with van der Waals surface area (Å²) in [5.41, 5.74) is 3.28. The Hall–Kier alpha value is -3.06. The third kappa shape index (κ3) is 6.50. The van der Waals surface area contributed by atoms with E-state index in [4.69, 9.17) is 0 Å². The van der Waals surface area contributed by atoms with Gasteiger partial charge in [-0.15, -0.1) is 0 Å². The molecule has 5 nitrogen and oxygen atoms in total. The molecule has 3 aromatic rings. The third-order valence-electron chi connectivity index (χ3n) is 4.61. The van der Waals surface area contributed by atoms with Gasteiger partial charge < -0.3 is 10.2 Å². The van der Waals surface area contributed by atoms with Crippen LogP contribution in [0.3, 0.4) is 0 Å². The van der Waals surface area contributed by atoms with E-state index in [0.717, 1.165) is 36.3 Å². The second-order valence-corrected chi connectivity index (χ2v) is 7.00. The number of rotatable bonds is 9. The number of benzene rings is 2. The minimum absolute atomic E-state index is 0.0963. The number of anilines is 1. The first-order chi connectivity index (χ1) is 14.0. The van der Waals surface area contributed by atoms with Gasteiger partial charge in [-0.1, -0.05) is 0 Å². The van der Waals surface area contributed by atoms with Crippen molar-refractivity contribution >= 4 is 11.6 Å². The average molecular weight is 398 g/mol. The van der Waals surface area contributed by atoms with Gasteiger partial charge in [0.2, 0.25) is 5.91 Å². The fraction of sp³-hybridized carbons (Fsp3) is 0.273. The Kier molecular flexibility index (Phi) is 7.08. The molecular weight excluding hydrogens is 374 g/mol. The molecule has 0 bridgehead atoms. The van der Waals surface area contributed by atoms with Crippen LogP contribution in [-0.4, -0.2) is 41.1 Å². The molecule has 152 valence electrons. The lowest BCUT2D eigenvalue weighted by Crippen LogP contribution is -2.25. The first kappa shape index (κ1) is 20.7. The number of hydrogen-bond acceptors (Lipinski definition) is 3. The van der Waals surface area contributed by atoms with Crippen molar-refractivity contribution in [2.75, 3.05) is 25.5 Å². The predicted octanol–water partition coefficient (Wildman–Crippen LogP) is 4.25. The predicted molar refractivity (Wildman–Crippen MR) is 109 cm³/mol. The van der Waals surface area contributed by atoms with Crippen molar-refractivity contribution in [3.8, 4) is 11.3 Å². The zero-order valence-corrected chi connectivity index (χ0v) is 16.3. The normalized spacial score (nSPS) is 11.0. The molecule has 3 rings (SSSR count). The zero-order valence-electron chi connectivity index (χ0n) is 16.3. The summed E-state index contributed by atoms with van der Waals surface area (Å²) < 4.78 is 25.9. The summed E-state index contributed by atoms with van der Waals surface area (Å²) in [7, 11) is 1.97. The van der Waals surface area contributed by atoms with Gasteiger partial charge in [-0.25, -0.2) is 8.78 Å². The van der Waals surface area contributed by atoms with Crippen LogP contribution in [0.5, 0.6) is 0 Å². The number of hydrogen-bond donors (Lipinski definition) is 2. The smallest absolute Gasteiger partial charge is 0.225 e. The number of aromatic amines is 1. The maximum absolute atomic E-state index is 13.0. The summed E-state index contributed by atoms with van der Waals surface area (Å²) in [5, 5.41) is 10.1. The van der Waals surface area contributed by atoms with Crippen LogP contribution in [0.2, 0.25) is 0 Å². The highest BCUT2D eigenvalue weighted by atomic mass is 19.1. The van der Waals surface area contributed by atoms with Crippen LogP contribution in [0, 0.1) is 11.6 Å². The molecule has 1 amide bonds. The van der Waals surface area contributed by atoms with E-state index in [0.29, 0.717) is 18.7 Å². The van der Waals surface area contributed by atoms with Gasteiger partial charge in [0.15, 0.2) is 0 Å².